The predicted molar refractivity (Wildman–Crippen MR) is 157 cm³/mol. The Kier molecular flexibility index (Phi) is 11.3. The van der Waals surface area contributed by atoms with Crippen LogP contribution in [0.4, 0.5) is 0 Å². The van der Waals surface area contributed by atoms with Crippen LogP contribution in [0.5, 0.6) is 5.75 Å². The third-order valence-electron chi connectivity index (χ3n) is 7.10. The highest BCUT2D eigenvalue weighted by Gasteiger charge is 2.29. The molecule has 0 aliphatic carbocycles. The Morgan fingerprint density at radius 3 is 2.44 bits per heavy atom. The van der Waals surface area contributed by atoms with Gasteiger partial charge in [-0.15, -0.1) is 0 Å². The van der Waals surface area contributed by atoms with E-state index < -0.39 is 35.8 Å². The van der Waals surface area contributed by atoms with Crippen molar-refractivity contribution in [3.8, 4) is 5.75 Å². The zero-order valence-corrected chi connectivity index (χ0v) is 24.2. The number of phenols is 1. The van der Waals surface area contributed by atoms with E-state index in [2.05, 4.69) is 21.3 Å². The Hall–Kier alpha value is -3.92. The topological polar surface area (TPSA) is 163 Å². The van der Waals surface area contributed by atoms with E-state index in [1.54, 1.807) is 12.1 Å². The Balaban J connectivity index is 1.81. The minimum atomic E-state index is -0.969. The molecular weight excluding hydrogens is 522 g/mol. The molecule has 7 N–H and O–H groups in total. The highest BCUT2D eigenvalue weighted by atomic mass is 16.3. The molecule has 2 aromatic carbocycles. The molecule has 0 bridgehead atoms. The lowest BCUT2D eigenvalue weighted by Gasteiger charge is -2.26. The average molecular weight is 566 g/mol. The fourth-order valence-corrected chi connectivity index (χ4v) is 4.75. The summed E-state index contributed by atoms with van der Waals surface area (Å²) in [7, 11) is 0. The number of nitrogens with two attached hydrogens (primary N) is 1. The second-order valence-corrected chi connectivity index (χ2v) is 11.6. The lowest BCUT2D eigenvalue weighted by atomic mass is 9.84. The molecule has 1 fully saturated rings. The van der Waals surface area contributed by atoms with E-state index in [1.165, 1.54) is 0 Å². The number of hydrogen-bond donors (Lipinski definition) is 6. The molecule has 1 aliphatic rings. The molecule has 10 nitrogen and oxygen atoms in total. The second kappa shape index (κ2) is 14.6. The van der Waals surface area contributed by atoms with Crippen LogP contribution >= 0.6 is 0 Å². The van der Waals surface area contributed by atoms with Crippen molar-refractivity contribution in [1.29, 1.82) is 0 Å². The molecule has 3 atom stereocenters. The van der Waals surface area contributed by atoms with Crippen molar-refractivity contribution in [3.63, 3.8) is 0 Å². The normalized spacial score (nSPS) is 20.1. The summed E-state index contributed by atoms with van der Waals surface area (Å²) in [4.78, 5) is 51.9. The first kappa shape index (κ1) is 31.6. The first-order valence-electron chi connectivity index (χ1n) is 14.2. The first-order chi connectivity index (χ1) is 19.4. The van der Waals surface area contributed by atoms with Crippen molar-refractivity contribution in [3.05, 3.63) is 65.2 Å². The summed E-state index contributed by atoms with van der Waals surface area (Å²) >= 11 is 0. The molecule has 4 amide bonds. The Morgan fingerprint density at radius 1 is 1.00 bits per heavy atom. The van der Waals surface area contributed by atoms with Crippen LogP contribution < -0.4 is 27.0 Å². The quantitative estimate of drug-likeness (QED) is 0.312. The van der Waals surface area contributed by atoms with E-state index >= 15 is 0 Å². The van der Waals surface area contributed by atoms with Crippen molar-refractivity contribution in [2.45, 2.75) is 82.8 Å². The third-order valence-corrected chi connectivity index (χ3v) is 7.10. The maximum Gasteiger partial charge on any atom is 0.243 e. The lowest BCUT2D eigenvalue weighted by Crippen LogP contribution is -2.56. The molecule has 1 aliphatic heterocycles. The third kappa shape index (κ3) is 9.89. The van der Waals surface area contributed by atoms with Crippen molar-refractivity contribution in [2.75, 3.05) is 13.1 Å². The monoisotopic (exact) mass is 565 g/mol. The molecule has 41 heavy (non-hydrogen) atoms. The van der Waals surface area contributed by atoms with Crippen LogP contribution in [-0.2, 0) is 37.4 Å². The van der Waals surface area contributed by atoms with E-state index in [0.29, 0.717) is 32.2 Å². The molecule has 222 valence electrons. The van der Waals surface area contributed by atoms with E-state index in [0.717, 1.165) is 16.7 Å². The minimum absolute atomic E-state index is 0.119. The molecule has 2 unspecified atom stereocenters. The summed E-state index contributed by atoms with van der Waals surface area (Å²) in [6.45, 7) is 6.48. The predicted octanol–water partition coefficient (Wildman–Crippen LogP) is 1.58. The van der Waals surface area contributed by atoms with Gasteiger partial charge in [0.2, 0.25) is 23.6 Å². The maximum absolute atomic E-state index is 13.5. The van der Waals surface area contributed by atoms with E-state index in [4.69, 9.17) is 5.73 Å². The van der Waals surface area contributed by atoms with Gasteiger partial charge < -0.3 is 32.1 Å². The second-order valence-electron chi connectivity index (χ2n) is 11.6. The summed E-state index contributed by atoms with van der Waals surface area (Å²) < 4.78 is 0. The van der Waals surface area contributed by atoms with Crippen LogP contribution in [0.3, 0.4) is 0 Å². The molecule has 0 spiro atoms. The number of aromatic hydroxyl groups is 1. The van der Waals surface area contributed by atoms with Gasteiger partial charge in [-0.05, 0) is 53.9 Å². The number of carbonyl (C=O) groups excluding carboxylic acids is 4. The van der Waals surface area contributed by atoms with Crippen molar-refractivity contribution >= 4 is 23.6 Å². The van der Waals surface area contributed by atoms with Gasteiger partial charge in [0.15, 0.2) is 0 Å². The summed E-state index contributed by atoms with van der Waals surface area (Å²) in [6, 6.07) is 11.8. The average Bonchev–Trinajstić information content (AvgIpc) is 2.92. The number of rotatable bonds is 6. The number of amides is 4. The molecule has 0 saturated carbocycles. The van der Waals surface area contributed by atoms with Crippen molar-refractivity contribution in [1.82, 2.24) is 21.3 Å². The standard InChI is InChI=1S/C31H43N5O5/c1-31(2,3)22-17-21(12-13-26(22)37)19-25-29(40)34-16-14-27(38)33-15-8-7-11-24(30(41)36-25)35-28(39)23(32)18-20-9-5-4-6-10-20/h4-6,9-10,12-13,17,23-25,37H,7-8,11,14-16,18-19,32H2,1-3H3,(H,33,38)(H,34,40)(H,35,39)(H,36,41)/t23?,24?,25-/m1/s1. The number of nitrogens with one attached hydrogen (secondary N) is 4. The van der Waals surface area contributed by atoms with Gasteiger partial charge in [-0.3, -0.25) is 19.2 Å². The SMILES string of the molecule is CC(C)(C)c1cc(C[C@H]2NC(=O)C(NC(=O)C(N)Cc3ccccc3)CCCCNC(=O)CCNC2=O)ccc1O. The lowest BCUT2D eigenvalue weighted by molar-refractivity contribution is -0.132. The van der Waals surface area contributed by atoms with Gasteiger partial charge in [-0.2, -0.15) is 0 Å². The van der Waals surface area contributed by atoms with Gasteiger partial charge in [0.1, 0.15) is 17.8 Å². The largest absolute Gasteiger partial charge is 0.508 e. The smallest absolute Gasteiger partial charge is 0.243 e. The Morgan fingerprint density at radius 2 is 1.73 bits per heavy atom. The number of benzene rings is 2. The number of carbonyl (C=O) groups is 4. The van der Waals surface area contributed by atoms with E-state index in [-0.39, 0.29) is 36.5 Å². The van der Waals surface area contributed by atoms with Gasteiger partial charge in [-0.1, -0.05) is 63.2 Å². The molecule has 2 aromatic rings. The van der Waals surface area contributed by atoms with Crippen molar-refractivity contribution in [2.24, 2.45) is 5.73 Å². The van der Waals surface area contributed by atoms with Crippen LogP contribution in [0.2, 0.25) is 0 Å². The highest BCUT2D eigenvalue weighted by Crippen LogP contribution is 2.31. The molecule has 0 radical (unpaired) electrons. The van der Waals surface area contributed by atoms with Gasteiger partial charge in [0.05, 0.1) is 6.04 Å². The van der Waals surface area contributed by atoms with Crippen molar-refractivity contribution < 1.29 is 24.3 Å². The minimum Gasteiger partial charge on any atom is -0.508 e. The van der Waals surface area contributed by atoms with Crippen LogP contribution in [0.1, 0.15) is 63.1 Å². The fourth-order valence-electron chi connectivity index (χ4n) is 4.75. The Labute approximate surface area is 241 Å². The Bertz CT molecular complexity index is 1210. The molecule has 10 heteroatoms. The highest BCUT2D eigenvalue weighted by molar-refractivity contribution is 5.93. The van der Waals surface area contributed by atoms with Gasteiger partial charge >= 0.3 is 0 Å². The number of phenolic OH excluding ortho intramolecular Hbond substituents is 1. The van der Waals surface area contributed by atoms with E-state index in [9.17, 15) is 24.3 Å². The van der Waals surface area contributed by atoms with E-state index in [1.807, 2.05) is 57.2 Å². The summed E-state index contributed by atoms with van der Waals surface area (Å²) in [5, 5.41) is 21.5. The maximum atomic E-state index is 13.5. The van der Waals surface area contributed by atoms with Gasteiger partial charge in [0.25, 0.3) is 0 Å². The summed E-state index contributed by atoms with van der Waals surface area (Å²) in [5.41, 5.74) is 8.21. The fraction of sp³-hybridized carbons (Fsp3) is 0.484. The molecule has 3 rings (SSSR count). The van der Waals surface area contributed by atoms with Gasteiger partial charge in [0, 0.05) is 25.9 Å². The molecule has 1 heterocycles. The summed E-state index contributed by atoms with van der Waals surface area (Å²) in [6.07, 6.45) is 2.10. The van der Waals surface area contributed by atoms with Crippen LogP contribution in [0, 0.1) is 0 Å². The first-order valence-corrected chi connectivity index (χ1v) is 14.2. The molecule has 1 saturated heterocycles. The van der Waals surface area contributed by atoms with Crippen LogP contribution in [0.25, 0.3) is 0 Å². The number of hydrogen-bond acceptors (Lipinski definition) is 6. The van der Waals surface area contributed by atoms with Crippen LogP contribution in [0.15, 0.2) is 48.5 Å². The molecular formula is C31H43N5O5. The zero-order chi connectivity index (χ0) is 30.0. The van der Waals surface area contributed by atoms with Crippen LogP contribution in [-0.4, -0.2) is 60.0 Å². The zero-order valence-electron chi connectivity index (χ0n) is 24.2. The summed E-state index contributed by atoms with van der Waals surface area (Å²) in [5.74, 6) is -1.41. The molecule has 0 aromatic heterocycles. The van der Waals surface area contributed by atoms with Gasteiger partial charge in [-0.25, -0.2) is 0 Å².